The lowest BCUT2D eigenvalue weighted by Crippen LogP contribution is -2.38. The van der Waals surface area contributed by atoms with Crippen molar-refractivity contribution < 1.29 is 4.79 Å². The number of nitrogens with zero attached hydrogens (tertiary/aromatic N) is 2. The van der Waals surface area contributed by atoms with Gasteiger partial charge in [0.2, 0.25) is 0 Å². The summed E-state index contributed by atoms with van der Waals surface area (Å²) in [5.74, 6) is 0.764. The summed E-state index contributed by atoms with van der Waals surface area (Å²) in [4.78, 5) is 18.6. The second-order valence-corrected chi connectivity index (χ2v) is 6.23. The summed E-state index contributed by atoms with van der Waals surface area (Å²) in [7, 11) is 3.67. The van der Waals surface area contributed by atoms with Crippen molar-refractivity contribution in [3.8, 4) is 0 Å². The zero-order valence-corrected chi connectivity index (χ0v) is 16.0. The molecule has 2 rings (SSSR count). The number of hydrogen-bond donors (Lipinski definition) is 2. The number of amides is 1. The molecule has 0 saturated heterocycles. The van der Waals surface area contributed by atoms with Gasteiger partial charge >= 0.3 is 0 Å². The summed E-state index contributed by atoms with van der Waals surface area (Å²) in [6, 6.07) is 15.9. The Bertz CT molecular complexity index is 770. The SMILES string of the molecule is CCNC(=NCc1cccc(C(=O)NC)c1)N(C)Cc1ccccc1C. The van der Waals surface area contributed by atoms with E-state index in [2.05, 4.69) is 53.6 Å². The quantitative estimate of drug-likeness (QED) is 0.621. The van der Waals surface area contributed by atoms with Gasteiger partial charge in [0.1, 0.15) is 0 Å². The number of aliphatic imine (C=N–C) groups is 1. The summed E-state index contributed by atoms with van der Waals surface area (Å²) in [6.07, 6.45) is 0. The third kappa shape index (κ3) is 5.34. The Balaban J connectivity index is 2.13. The van der Waals surface area contributed by atoms with Crippen molar-refractivity contribution in [2.45, 2.75) is 26.9 Å². The lowest BCUT2D eigenvalue weighted by Gasteiger charge is -2.23. The van der Waals surface area contributed by atoms with Crippen LogP contribution >= 0.6 is 0 Å². The molecule has 0 aliphatic carbocycles. The maximum atomic E-state index is 11.8. The molecule has 0 radical (unpaired) electrons. The topological polar surface area (TPSA) is 56.7 Å². The Labute approximate surface area is 156 Å². The summed E-state index contributed by atoms with van der Waals surface area (Å²) >= 11 is 0. The first-order valence-electron chi connectivity index (χ1n) is 8.90. The molecule has 1 amide bonds. The molecule has 0 bridgehead atoms. The third-order valence-electron chi connectivity index (χ3n) is 4.19. The lowest BCUT2D eigenvalue weighted by atomic mass is 10.1. The summed E-state index contributed by atoms with van der Waals surface area (Å²) in [5, 5.41) is 5.99. The number of hydrogen-bond acceptors (Lipinski definition) is 2. The second-order valence-electron chi connectivity index (χ2n) is 6.23. The molecule has 0 saturated carbocycles. The van der Waals surface area contributed by atoms with E-state index >= 15 is 0 Å². The van der Waals surface area contributed by atoms with Crippen LogP contribution in [0.1, 0.15) is 34.0 Å². The highest BCUT2D eigenvalue weighted by Crippen LogP contribution is 2.11. The van der Waals surface area contributed by atoms with Gasteiger partial charge in [0.15, 0.2) is 5.96 Å². The maximum absolute atomic E-state index is 11.8. The van der Waals surface area contributed by atoms with Crippen molar-refractivity contribution in [1.82, 2.24) is 15.5 Å². The highest BCUT2D eigenvalue weighted by atomic mass is 16.1. The fraction of sp³-hybridized carbons (Fsp3) is 0.333. The first-order chi connectivity index (χ1) is 12.5. The Morgan fingerprint density at radius 2 is 1.92 bits per heavy atom. The zero-order valence-electron chi connectivity index (χ0n) is 16.0. The number of carbonyl (C=O) groups excluding carboxylic acids is 1. The first-order valence-corrected chi connectivity index (χ1v) is 8.90. The molecule has 2 aromatic carbocycles. The van der Waals surface area contributed by atoms with E-state index in [0.29, 0.717) is 12.1 Å². The van der Waals surface area contributed by atoms with Crippen LogP contribution in [0.5, 0.6) is 0 Å². The van der Waals surface area contributed by atoms with Crippen molar-refractivity contribution in [1.29, 1.82) is 0 Å². The van der Waals surface area contributed by atoms with Crippen molar-refractivity contribution in [2.24, 2.45) is 4.99 Å². The van der Waals surface area contributed by atoms with Crippen LogP contribution in [-0.4, -0.2) is 37.4 Å². The lowest BCUT2D eigenvalue weighted by molar-refractivity contribution is 0.0963. The van der Waals surface area contributed by atoms with Gasteiger partial charge in [-0.2, -0.15) is 0 Å². The number of aryl methyl sites for hydroxylation is 1. The molecule has 138 valence electrons. The fourth-order valence-corrected chi connectivity index (χ4v) is 2.71. The van der Waals surface area contributed by atoms with Crippen molar-refractivity contribution >= 4 is 11.9 Å². The minimum absolute atomic E-state index is 0.0839. The summed E-state index contributed by atoms with van der Waals surface area (Å²) < 4.78 is 0. The summed E-state index contributed by atoms with van der Waals surface area (Å²) in [6.45, 7) is 6.29. The van der Waals surface area contributed by atoms with E-state index in [-0.39, 0.29) is 5.91 Å². The molecular formula is C21H28N4O. The Kier molecular flexibility index (Phi) is 7.21. The fourth-order valence-electron chi connectivity index (χ4n) is 2.71. The Morgan fingerprint density at radius 3 is 2.62 bits per heavy atom. The third-order valence-corrected chi connectivity index (χ3v) is 4.19. The van der Waals surface area contributed by atoms with E-state index < -0.39 is 0 Å². The van der Waals surface area contributed by atoms with Gasteiger partial charge in [-0.3, -0.25) is 4.79 Å². The van der Waals surface area contributed by atoms with Gasteiger partial charge in [-0.05, 0) is 42.7 Å². The van der Waals surface area contributed by atoms with Crippen LogP contribution in [-0.2, 0) is 13.1 Å². The predicted octanol–water partition coefficient (Wildman–Crippen LogP) is 2.95. The molecule has 0 aromatic heterocycles. The highest BCUT2D eigenvalue weighted by molar-refractivity contribution is 5.94. The molecule has 0 atom stereocenters. The number of rotatable bonds is 6. The van der Waals surface area contributed by atoms with E-state index in [9.17, 15) is 4.79 Å². The van der Waals surface area contributed by atoms with Gasteiger partial charge in [0.05, 0.1) is 6.54 Å². The predicted molar refractivity (Wildman–Crippen MR) is 107 cm³/mol. The van der Waals surface area contributed by atoms with Crippen LogP contribution in [0.15, 0.2) is 53.5 Å². The van der Waals surface area contributed by atoms with Crippen LogP contribution < -0.4 is 10.6 Å². The van der Waals surface area contributed by atoms with Crippen LogP contribution in [0.25, 0.3) is 0 Å². The van der Waals surface area contributed by atoms with Crippen molar-refractivity contribution in [2.75, 3.05) is 20.6 Å². The molecule has 0 aliphatic rings. The monoisotopic (exact) mass is 352 g/mol. The van der Waals surface area contributed by atoms with Gasteiger partial charge in [0, 0.05) is 32.7 Å². The average Bonchev–Trinajstić information content (AvgIpc) is 2.66. The van der Waals surface area contributed by atoms with E-state index in [1.54, 1.807) is 7.05 Å². The standard InChI is InChI=1S/C21H28N4O/c1-5-23-21(25(4)15-19-11-7-6-9-16(19)2)24-14-17-10-8-12-18(13-17)20(26)22-3/h6-13H,5,14-15H2,1-4H3,(H,22,26)(H,23,24). The minimum Gasteiger partial charge on any atom is -0.357 e. The second kappa shape index (κ2) is 9.61. The zero-order chi connectivity index (χ0) is 18.9. The van der Waals surface area contributed by atoms with Crippen molar-refractivity contribution in [3.05, 3.63) is 70.8 Å². The molecule has 2 aromatic rings. The number of carbonyl (C=O) groups is 1. The van der Waals surface area contributed by atoms with Crippen LogP contribution in [0.2, 0.25) is 0 Å². The minimum atomic E-state index is -0.0839. The van der Waals surface area contributed by atoms with Gasteiger partial charge in [0.25, 0.3) is 5.91 Å². The van der Waals surface area contributed by atoms with E-state index in [1.807, 2.05) is 31.3 Å². The van der Waals surface area contributed by atoms with E-state index in [1.165, 1.54) is 11.1 Å². The molecular weight excluding hydrogens is 324 g/mol. The van der Waals surface area contributed by atoms with Gasteiger partial charge < -0.3 is 15.5 Å². The molecule has 0 heterocycles. The summed E-state index contributed by atoms with van der Waals surface area (Å²) in [5.41, 5.74) is 4.21. The number of benzene rings is 2. The molecule has 0 fully saturated rings. The molecule has 0 spiro atoms. The van der Waals surface area contributed by atoms with Crippen LogP contribution in [0, 0.1) is 6.92 Å². The number of guanidine groups is 1. The molecule has 5 heteroatoms. The number of nitrogens with one attached hydrogen (secondary N) is 2. The Morgan fingerprint density at radius 1 is 1.15 bits per heavy atom. The highest BCUT2D eigenvalue weighted by Gasteiger charge is 2.08. The molecule has 26 heavy (non-hydrogen) atoms. The van der Waals surface area contributed by atoms with Crippen LogP contribution in [0.3, 0.4) is 0 Å². The van der Waals surface area contributed by atoms with E-state index in [4.69, 9.17) is 4.99 Å². The average molecular weight is 352 g/mol. The van der Waals surface area contributed by atoms with Gasteiger partial charge in [-0.25, -0.2) is 4.99 Å². The maximum Gasteiger partial charge on any atom is 0.251 e. The van der Waals surface area contributed by atoms with E-state index in [0.717, 1.165) is 24.6 Å². The molecule has 2 N–H and O–H groups in total. The molecule has 5 nitrogen and oxygen atoms in total. The van der Waals surface area contributed by atoms with Gasteiger partial charge in [-0.15, -0.1) is 0 Å². The smallest absolute Gasteiger partial charge is 0.251 e. The molecule has 0 unspecified atom stereocenters. The van der Waals surface area contributed by atoms with Gasteiger partial charge in [-0.1, -0.05) is 36.4 Å². The first kappa shape index (κ1) is 19.5. The largest absolute Gasteiger partial charge is 0.357 e. The van der Waals surface area contributed by atoms with Crippen molar-refractivity contribution in [3.63, 3.8) is 0 Å². The normalized spacial score (nSPS) is 11.2. The van der Waals surface area contributed by atoms with Crippen LogP contribution in [0.4, 0.5) is 0 Å². The Hall–Kier alpha value is -2.82. The molecule has 0 aliphatic heterocycles.